The van der Waals surface area contributed by atoms with Crippen molar-refractivity contribution in [2.75, 3.05) is 13.2 Å². The van der Waals surface area contributed by atoms with E-state index in [4.69, 9.17) is 20.1 Å². The summed E-state index contributed by atoms with van der Waals surface area (Å²) in [5, 5.41) is 8.63. The summed E-state index contributed by atoms with van der Waals surface area (Å²) in [6.07, 6.45) is 19.3. The number of rotatable bonds is 23. The third-order valence-electron chi connectivity index (χ3n) is 5.17. The number of unbranched alkanes of at least 4 members (excludes halogenated alkanes) is 11. The summed E-state index contributed by atoms with van der Waals surface area (Å²) in [6, 6.07) is -1.44. The first kappa shape index (κ1) is 32.8. The van der Waals surface area contributed by atoms with Crippen molar-refractivity contribution in [2.45, 2.75) is 116 Å². The number of nitrogens with two attached hydrogens (primary N) is 1. The number of esters is 1. The molecule has 3 atom stereocenters. The molecule has 0 aromatic rings. The number of hydrogen-bond donors (Lipinski definition) is 3. The molecule has 9 nitrogen and oxygen atoms in total. The van der Waals surface area contributed by atoms with Crippen LogP contribution in [0.1, 0.15) is 104 Å². The number of carboxylic acids is 1. The van der Waals surface area contributed by atoms with Crippen molar-refractivity contribution in [3.63, 3.8) is 0 Å². The lowest BCUT2D eigenvalue weighted by atomic mass is 10.1. The highest BCUT2D eigenvalue weighted by atomic mass is 31.2. The zero-order valence-corrected chi connectivity index (χ0v) is 21.9. The second-order valence-corrected chi connectivity index (χ2v) is 10.0. The van der Waals surface area contributed by atoms with E-state index in [9.17, 15) is 19.0 Å². The topological polar surface area (TPSA) is 145 Å². The first-order valence-electron chi connectivity index (χ1n) is 12.6. The van der Waals surface area contributed by atoms with E-state index in [1.165, 1.54) is 51.9 Å². The van der Waals surface area contributed by atoms with E-state index in [2.05, 4.69) is 23.6 Å². The van der Waals surface area contributed by atoms with Gasteiger partial charge in [0.1, 0.15) is 18.8 Å². The van der Waals surface area contributed by atoms with Crippen molar-refractivity contribution < 1.29 is 37.9 Å². The van der Waals surface area contributed by atoms with Crippen LogP contribution in [0, 0.1) is 0 Å². The molecule has 0 rings (SSSR count). The quantitative estimate of drug-likeness (QED) is 0.0706. The lowest BCUT2D eigenvalue weighted by Crippen LogP contribution is -2.34. The third kappa shape index (κ3) is 21.3. The standard InChI is InChI=1S/C24H46NO8P/c1-3-4-5-6-7-8-9-10-11-12-13-14-15-16-17-18-23(26)31-19-21(2)33-34(29,30)32-20-22(25)24(27)28/h10-11,21-22H,3-9,12-20,25H2,1-2H3,(H,27,28)(H,29,30)/t21-,22-/m0/s1. The summed E-state index contributed by atoms with van der Waals surface area (Å²) < 4.78 is 26.1. The van der Waals surface area contributed by atoms with Crippen molar-refractivity contribution in [3.05, 3.63) is 12.2 Å². The van der Waals surface area contributed by atoms with E-state index < -0.39 is 38.5 Å². The molecule has 0 amide bonds. The molecule has 0 aliphatic heterocycles. The number of carbonyl (C=O) groups is 2. The molecule has 0 saturated carbocycles. The number of carboxylic acid groups (broad SMARTS) is 1. The van der Waals surface area contributed by atoms with Gasteiger partial charge in [-0.3, -0.25) is 18.6 Å². The monoisotopic (exact) mass is 507 g/mol. The van der Waals surface area contributed by atoms with Gasteiger partial charge in [-0.1, -0.05) is 70.4 Å². The Morgan fingerprint density at radius 1 is 0.912 bits per heavy atom. The number of carbonyl (C=O) groups excluding carboxylic acids is 1. The summed E-state index contributed by atoms with van der Waals surface area (Å²) in [7, 11) is -4.50. The van der Waals surface area contributed by atoms with Gasteiger partial charge in [-0.15, -0.1) is 0 Å². The fourth-order valence-corrected chi connectivity index (χ4v) is 4.08. The maximum atomic E-state index is 11.8. The van der Waals surface area contributed by atoms with E-state index in [1.807, 2.05) is 0 Å². The normalized spacial score (nSPS) is 15.2. The molecule has 0 aliphatic carbocycles. The van der Waals surface area contributed by atoms with Crippen LogP contribution in [-0.2, 0) is 27.9 Å². The average molecular weight is 508 g/mol. The van der Waals surface area contributed by atoms with Crippen molar-refractivity contribution in [2.24, 2.45) is 5.73 Å². The molecular formula is C24H46NO8P. The minimum Gasteiger partial charge on any atom is -0.480 e. The molecule has 0 spiro atoms. The fraction of sp³-hybridized carbons (Fsp3) is 0.833. The van der Waals surface area contributed by atoms with Crippen LogP contribution in [0.4, 0.5) is 0 Å². The van der Waals surface area contributed by atoms with Gasteiger partial charge >= 0.3 is 19.8 Å². The molecule has 0 saturated heterocycles. The zero-order valence-electron chi connectivity index (χ0n) is 21.0. The molecule has 10 heteroatoms. The molecule has 200 valence electrons. The van der Waals surface area contributed by atoms with Gasteiger partial charge in [-0.25, -0.2) is 4.57 Å². The predicted octanol–water partition coefficient (Wildman–Crippen LogP) is 5.50. The van der Waals surface area contributed by atoms with Gasteiger partial charge in [0.2, 0.25) is 0 Å². The largest absolute Gasteiger partial charge is 0.480 e. The smallest absolute Gasteiger partial charge is 0.472 e. The fourth-order valence-electron chi connectivity index (χ4n) is 3.16. The summed E-state index contributed by atoms with van der Waals surface area (Å²) in [5.74, 6) is -1.76. The summed E-state index contributed by atoms with van der Waals surface area (Å²) in [4.78, 5) is 31.9. The van der Waals surface area contributed by atoms with Crippen LogP contribution < -0.4 is 5.73 Å². The molecule has 0 aliphatic rings. The Labute approximate surface area is 205 Å². The molecule has 0 heterocycles. The SMILES string of the molecule is CCCCCCCCC=CCCCCCCCC(=O)OC[C@H](C)OP(=O)(O)OC[C@H](N)C(=O)O. The summed E-state index contributed by atoms with van der Waals surface area (Å²) >= 11 is 0. The molecular weight excluding hydrogens is 461 g/mol. The van der Waals surface area contributed by atoms with Crippen LogP contribution >= 0.6 is 7.82 Å². The highest BCUT2D eigenvalue weighted by Crippen LogP contribution is 2.44. The van der Waals surface area contributed by atoms with E-state index >= 15 is 0 Å². The number of aliphatic carboxylic acids is 1. The Balaban J connectivity index is 3.64. The third-order valence-corrected chi connectivity index (χ3v) is 6.27. The first-order valence-corrected chi connectivity index (χ1v) is 14.1. The Morgan fingerprint density at radius 2 is 1.44 bits per heavy atom. The van der Waals surface area contributed by atoms with Crippen molar-refractivity contribution in [1.82, 2.24) is 0 Å². The second kappa shape index (κ2) is 21.1. The molecule has 4 N–H and O–H groups in total. The summed E-state index contributed by atoms with van der Waals surface area (Å²) in [6.45, 7) is 2.80. The number of allylic oxidation sites excluding steroid dienone is 2. The Hall–Kier alpha value is -1.25. The van der Waals surface area contributed by atoms with Gasteiger partial charge in [0, 0.05) is 6.42 Å². The lowest BCUT2D eigenvalue weighted by Gasteiger charge is -2.18. The van der Waals surface area contributed by atoms with Crippen LogP contribution in [0.15, 0.2) is 12.2 Å². The Kier molecular flexibility index (Phi) is 20.3. The summed E-state index contributed by atoms with van der Waals surface area (Å²) in [5.41, 5.74) is 5.20. The Bertz CT molecular complexity index is 614. The van der Waals surface area contributed by atoms with E-state index in [0.717, 1.165) is 38.5 Å². The van der Waals surface area contributed by atoms with Crippen LogP contribution in [0.25, 0.3) is 0 Å². The highest BCUT2D eigenvalue weighted by molar-refractivity contribution is 7.47. The molecule has 1 unspecified atom stereocenters. The molecule has 0 bridgehead atoms. The molecule has 0 aromatic heterocycles. The number of hydrogen-bond acceptors (Lipinski definition) is 7. The maximum Gasteiger partial charge on any atom is 0.472 e. The van der Waals surface area contributed by atoms with Gasteiger partial charge in [-0.2, -0.15) is 0 Å². The van der Waals surface area contributed by atoms with Crippen molar-refractivity contribution in [3.8, 4) is 0 Å². The van der Waals surface area contributed by atoms with Gasteiger partial charge < -0.3 is 20.5 Å². The molecule has 0 radical (unpaired) electrons. The van der Waals surface area contributed by atoms with E-state index in [-0.39, 0.29) is 13.0 Å². The zero-order chi connectivity index (χ0) is 25.7. The van der Waals surface area contributed by atoms with Crippen LogP contribution in [0.2, 0.25) is 0 Å². The van der Waals surface area contributed by atoms with Crippen molar-refractivity contribution >= 4 is 19.8 Å². The molecule has 34 heavy (non-hydrogen) atoms. The van der Waals surface area contributed by atoms with Crippen LogP contribution in [0.5, 0.6) is 0 Å². The molecule has 0 fully saturated rings. The maximum absolute atomic E-state index is 11.8. The minimum atomic E-state index is -4.50. The van der Waals surface area contributed by atoms with Crippen LogP contribution in [-0.4, -0.2) is 47.3 Å². The number of phosphoric ester groups is 1. The van der Waals surface area contributed by atoms with Crippen molar-refractivity contribution in [1.29, 1.82) is 0 Å². The van der Waals surface area contributed by atoms with Gasteiger partial charge in [0.25, 0.3) is 0 Å². The average Bonchev–Trinajstić information content (AvgIpc) is 2.78. The van der Waals surface area contributed by atoms with Gasteiger partial charge in [0.05, 0.1) is 6.61 Å². The van der Waals surface area contributed by atoms with Gasteiger partial charge in [0.15, 0.2) is 0 Å². The lowest BCUT2D eigenvalue weighted by molar-refractivity contribution is -0.146. The number of phosphoric acid groups is 1. The minimum absolute atomic E-state index is 0.206. The Morgan fingerprint density at radius 3 is 2.00 bits per heavy atom. The highest BCUT2D eigenvalue weighted by Gasteiger charge is 2.27. The van der Waals surface area contributed by atoms with E-state index in [1.54, 1.807) is 0 Å². The molecule has 0 aromatic carbocycles. The van der Waals surface area contributed by atoms with E-state index in [0.29, 0.717) is 0 Å². The predicted molar refractivity (Wildman–Crippen MR) is 132 cm³/mol. The first-order chi connectivity index (χ1) is 16.2. The van der Waals surface area contributed by atoms with Gasteiger partial charge in [-0.05, 0) is 39.0 Å². The number of ether oxygens (including phenoxy) is 1. The van der Waals surface area contributed by atoms with Crippen LogP contribution in [0.3, 0.4) is 0 Å². The second-order valence-electron chi connectivity index (χ2n) is 8.64.